The molecular formula is C22H22FN5O4S. The number of benzene rings is 1. The summed E-state index contributed by atoms with van der Waals surface area (Å²) >= 11 is 0. The number of hydrogen-bond donors (Lipinski definition) is 1. The first kappa shape index (κ1) is 22.6. The van der Waals surface area contributed by atoms with E-state index >= 15 is 0 Å². The molecule has 172 valence electrons. The molecule has 0 saturated heterocycles. The van der Waals surface area contributed by atoms with Crippen molar-refractivity contribution in [2.75, 3.05) is 24.6 Å². The molecule has 9 nitrogen and oxygen atoms in total. The number of halogens is 1. The van der Waals surface area contributed by atoms with Gasteiger partial charge < -0.3 is 14.8 Å². The van der Waals surface area contributed by atoms with Gasteiger partial charge in [0, 0.05) is 41.9 Å². The average Bonchev–Trinajstić information content (AvgIpc) is 3.27. The van der Waals surface area contributed by atoms with E-state index in [1.165, 1.54) is 13.2 Å². The molecule has 1 aromatic carbocycles. The van der Waals surface area contributed by atoms with Gasteiger partial charge in [0.05, 0.1) is 13.7 Å². The molecule has 0 unspecified atom stereocenters. The largest absolute Gasteiger partial charge is 0.496 e. The standard InChI is InChI=1S/C22H22FN5O4S/c1-31-20-5-3-4-19(23)18(20)11-25-21-7-6-17(22-27-26-13-28(21)22)16-8-15(9-24-10-16)12-32-14-33(2,29)30/h3-10,13,25H,11-12,14H2,1-2H3. The minimum Gasteiger partial charge on any atom is -0.496 e. The van der Waals surface area contributed by atoms with Gasteiger partial charge in [-0.25, -0.2) is 12.8 Å². The summed E-state index contributed by atoms with van der Waals surface area (Å²) in [5.41, 5.74) is 3.27. The van der Waals surface area contributed by atoms with Crippen LogP contribution in [0.25, 0.3) is 16.8 Å². The minimum absolute atomic E-state index is 0.112. The van der Waals surface area contributed by atoms with E-state index in [9.17, 15) is 12.8 Å². The molecule has 4 rings (SSSR count). The third kappa shape index (κ3) is 5.26. The predicted molar refractivity (Wildman–Crippen MR) is 121 cm³/mol. The van der Waals surface area contributed by atoms with E-state index in [2.05, 4.69) is 20.5 Å². The van der Waals surface area contributed by atoms with Gasteiger partial charge in [0.2, 0.25) is 0 Å². The molecule has 0 bridgehead atoms. The smallest absolute Gasteiger partial charge is 0.171 e. The number of methoxy groups -OCH3 is 1. The molecule has 4 aromatic rings. The zero-order chi connectivity index (χ0) is 23.4. The predicted octanol–water partition coefficient (Wildman–Crippen LogP) is 3.07. The highest BCUT2D eigenvalue weighted by molar-refractivity contribution is 7.90. The molecule has 0 amide bonds. The number of nitrogens with zero attached hydrogens (tertiary/aromatic N) is 4. The number of pyridine rings is 2. The van der Waals surface area contributed by atoms with Gasteiger partial charge in [0.25, 0.3) is 0 Å². The van der Waals surface area contributed by atoms with Crippen LogP contribution < -0.4 is 10.1 Å². The van der Waals surface area contributed by atoms with Crippen LogP contribution in [0.2, 0.25) is 0 Å². The highest BCUT2D eigenvalue weighted by Crippen LogP contribution is 2.28. The number of sulfone groups is 1. The van der Waals surface area contributed by atoms with E-state index in [1.54, 1.807) is 35.3 Å². The Balaban J connectivity index is 1.58. The van der Waals surface area contributed by atoms with Crippen molar-refractivity contribution in [1.29, 1.82) is 0 Å². The quantitative estimate of drug-likeness (QED) is 0.397. The monoisotopic (exact) mass is 471 g/mol. The molecular weight excluding hydrogens is 449 g/mol. The van der Waals surface area contributed by atoms with Crippen molar-refractivity contribution in [3.63, 3.8) is 0 Å². The zero-order valence-electron chi connectivity index (χ0n) is 18.0. The third-order valence-electron chi connectivity index (χ3n) is 4.87. The normalized spacial score (nSPS) is 11.6. The molecule has 0 fully saturated rings. The first-order valence-electron chi connectivity index (χ1n) is 9.93. The maximum absolute atomic E-state index is 14.3. The SMILES string of the molecule is COc1cccc(F)c1CNc1ccc(-c2cncc(COCS(C)(=O)=O)c2)c2nncn12. The lowest BCUT2D eigenvalue weighted by Gasteiger charge is -2.14. The van der Waals surface area contributed by atoms with E-state index in [0.717, 1.165) is 22.9 Å². The highest BCUT2D eigenvalue weighted by atomic mass is 32.2. The Kier molecular flexibility index (Phi) is 6.52. The molecule has 3 heterocycles. The van der Waals surface area contributed by atoms with Gasteiger partial charge in [-0.2, -0.15) is 0 Å². The number of aromatic nitrogens is 4. The molecule has 1 N–H and O–H groups in total. The minimum atomic E-state index is -3.22. The van der Waals surface area contributed by atoms with Crippen molar-refractivity contribution in [1.82, 2.24) is 19.6 Å². The fourth-order valence-electron chi connectivity index (χ4n) is 3.39. The van der Waals surface area contributed by atoms with Gasteiger partial charge in [-0.15, -0.1) is 10.2 Å². The Hall–Kier alpha value is -3.57. The van der Waals surface area contributed by atoms with Crippen molar-refractivity contribution >= 4 is 21.3 Å². The summed E-state index contributed by atoms with van der Waals surface area (Å²) in [6, 6.07) is 10.2. The highest BCUT2D eigenvalue weighted by Gasteiger charge is 2.13. The summed E-state index contributed by atoms with van der Waals surface area (Å²) in [4.78, 5) is 4.24. The fourth-order valence-corrected chi connectivity index (χ4v) is 3.77. The molecule has 0 spiro atoms. The van der Waals surface area contributed by atoms with Crippen LogP contribution in [0.5, 0.6) is 5.75 Å². The van der Waals surface area contributed by atoms with Crippen LogP contribution in [0.3, 0.4) is 0 Å². The van der Waals surface area contributed by atoms with Gasteiger partial charge in [0.15, 0.2) is 15.5 Å². The molecule has 0 aliphatic carbocycles. The zero-order valence-corrected chi connectivity index (χ0v) is 18.8. The maximum Gasteiger partial charge on any atom is 0.171 e. The summed E-state index contributed by atoms with van der Waals surface area (Å²) in [5.74, 6) is 0.405. The van der Waals surface area contributed by atoms with Crippen molar-refractivity contribution < 1.29 is 22.3 Å². The van der Waals surface area contributed by atoms with Gasteiger partial charge in [-0.1, -0.05) is 6.07 Å². The Morgan fingerprint density at radius 1 is 1.18 bits per heavy atom. The molecule has 11 heteroatoms. The molecule has 0 atom stereocenters. The number of rotatable bonds is 9. The summed E-state index contributed by atoms with van der Waals surface area (Å²) < 4.78 is 49.1. The van der Waals surface area contributed by atoms with E-state index in [4.69, 9.17) is 9.47 Å². The van der Waals surface area contributed by atoms with Crippen LogP contribution in [0.4, 0.5) is 10.2 Å². The first-order chi connectivity index (χ1) is 15.9. The molecule has 33 heavy (non-hydrogen) atoms. The number of ether oxygens (including phenoxy) is 2. The van der Waals surface area contributed by atoms with Crippen molar-refractivity contribution in [2.24, 2.45) is 0 Å². The van der Waals surface area contributed by atoms with E-state index in [-0.39, 0.29) is 24.9 Å². The second-order valence-corrected chi connectivity index (χ2v) is 9.49. The Bertz CT molecular complexity index is 1390. The van der Waals surface area contributed by atoms with Gasteiger partial charge in [0.1, 0.15) is 29.7 Å². The number of nitrogens with one attached hydrogen (secondary N) is 1. The average molecular weight is 472 g/mol. The molecule has 0 saturated carbocycles. The van der Waals surface area contributed by atoms with Crippen LogP contribution in [0, 0.1) is 5.82 Å². The van der Waals surface area contributed by atoms with E-state index < -0.39 is 9.84 Å². The van der Waals surface area contributed by atoms with Crippen LogP contribution >= 0.6 is 0 Å². The third-order valence-corrected chi connectivity index (χ3v) is 5.46. The second-order valence-electron chi connectivity index (χ2n) is 7.40. The number of hydrogen-bond acceptors (Lipinski definition) is 8. The number of fused-ring (bicyclic) bond motifs is 1. The maximum atomic E-state index is 14.3. The van der Waals surface area contributed by atoms with Crippen LogP contribution in [0.1, 0.15) is 11.1 Å². The van der Waals surface area contributed by atoms with Crippen molar-refractivity contribution in [3.8, 4) is 16.9 Å². The summed E-state index contributed by atoms with van der Waals surface area (Å²) in [7, 11) is -1.72. The van der Waals surface area contributed by atoms with Gasteiger partial charge >= 0.3 is 0 Å². The topological polar surface area (TPSA) is 108 Å². The lowest BCUT2D eigenvalue weighted by Crippen LogP contribution is -2.08. The Labute approximate surface area is 190 Å². The summed E-state index contributed by atoms with van der Waals surface area (Å²) in [6.07, 6.45) is 5.97. The molecule has 3 aromatic heterocycles. The summed E-state index contributed by atoms with van der Waals surface area (Å²) in [5, 5.41) is 11.4. The second kappa shape index (κ2) is 9.51. The van der Waals surface area contributed by atoms with Gasteiger partial charge in [-0.05, 0) is 35.9 Å². The van der Waals surface area contributed by atoms with Gasteiger partial charge in [-0.3, -0.25) is 9.38 Å². The Morgan fingerprint density at radius 3 is 2.82 bits per heavy atom. The van der Waals surface area contributed by atoms with Crippen molar-refractivity contribution in [3.05, 3.63) is 72.1 Å². The Morgan fingerprint density at radius 2 is 2.03 bits per heavy atom. The lowest BCUT2D eigenvalue weighted by atomic mass is 10.1. The van der Waals surface area contributed by atoms with E-state index in [1.807, 2.05) is 18.2 Å². The van der Waals surface area contributed by atoms with Crippen LogP contribution in [-0.4, -0.2) is 47.3 Å². The first-order valence-corrected chi connectivity index (χ1v) is 12.0. The van der Waals surface area contributed by atoms with Crippen LogP contribution in [-0.2, 0) is 27.7 Å². The van der Waals surface area contributed by atoms with E-state index in [0.29, 0.717) is 22.8 Å². The number of anilines is 1. The summed E-state index contributed by atoms with van der Waals surface area (Å²) in [6.45, 7) is 0.318. The fraction of sp³-hybridized carbons (Fsp3) is 0.227. The lowest BCUT2D eigenvalue weighted by molar-refractivity contribution is 0.163. The molecule has 0 aliphatic rings. The van der Waals surface area contributed by atoms with Crippen LogP contribution in [0.15, 0.2) is 55.1 Å². The molecule has 0 aliphatic heterocycles. The van der Waals surface area contributed by atoms with Crippen molar-refractivity contribution in [2.45, 2.75) is 13.2 Å². The molecule has 0 radical (unpaired) electrons.